The maximum Gasteiger partial charge on any atom is 0.136 e. The minimum atomic E-state index is -0.992. The van der Waals surface area contributed by atoms with Crippen molar-refractivity contribution in [3.05, 3.63) is 338 Å². The molecule has 19 aromatic rings. The molecule has 19 rings (SSSR count). The third-order valence-electron chi connectivity index (χ3n) is 14.8. The molecule has 0 radical (unpaired) electrons. The van der Waals surface area contributed by atoms with E-state index in [1.807, 2.05) is 0 Å². The number of rotatable bonds is 7. The Bertz CT molecular complexity index is 9400. The molecule has 0 aliphatic rings. The van der Waals surface area contributed by atoms with Crippen molar-refractivity contribution in [2.45, 2.75) is 0 Å². The number of hydrogen-bond acceptors (Lipinski definition) is 2. The van der Waals surface area contributed by atoms with Crippen LogP contribution in [0.4, 0.5) is 0 Å². The van der Waals surface area contributed by atoms with E-state index in [0.717, 1.165) is 0 Å². The zero-order valence-electron chi connectivity index (χ0n) is 102. The van der Waals surface area contributed by atoms with Crippen LogP contribution in [-0.2, 0) is 0 Å². The molecule has 17 aromatic carbocycles. The normalized spacial score (nSPS) is 20.2. The molecule has 0 amide bonds. The zero-order chi connectivity index (χ0) is 109. The number of benzene rings is 17. The molecule has 0 fully saturated rings. The molecule has 0 atom stereocenters. The van der Waals surface area contributed by atoms with E-state index < -0.39 is 525 Å². The van der Waals surface area contributed by atoms with Gasteiger partial charge < -0.3 is 8.83 Å². The zero-order valence-corrected chi connectivity index (χ0v) is 45.8. The molecular weight excluding hydrogens is 1110 g/mol. The van der Waals surface area contributed by atoms with E-state index in [-0.39, 0.29) is 0 Å². The van der Waals surface area contributed by atoms with Gasteiger partial charge in [-0.3, -0.25) is 0 Å². The molecule has 0 spiro atoms. The SMILES string of the molecule is [2H]c1c([2H])c([2H])c(-c2c([2H])c([2H])c([2H])c(-c3c([2H])c([2H])c4c(oc5c([2H])c(-c6c7c([2H])c([2H])c([2H])c([2H])c7c(-c7c([2H])c([2H])c([2H])c([2H])c7[2H])c7c([2H])c([2H])c([2H])c([2H])c67)c([2H])c([2H])c54)c3[2H])c2[2H])c([2H])c1[2H].[2H]c1c([2H])c([2H])c(-c2c3c([2H])c([2H])c([2H])c([2H])c3c(-c3c([2H])c([2H])c4c(oc5c([2H])c(-c6c([2H])c7c([2H])c([2H])c([2H])c([2H])c7c7c([2H])c([2H])c([2H])c([2H])c67)c([2H])c([2H])c54)c3[2H])c3c([2H])c([2H])c([2H])c([2H])c23)c([2H])c1[2H]. The van der Waals surface area contributed by atoms with Gasteiger partial charge in [-0.1, -0.05) is 278 Å². The lowest BCUT2D eigenvalue weighted by Crippen LogP contribution is -1.90. The average molecular weight is 1230 g/mol. The highest BCUT2D eigenvalue weighted by atomic mass is 16.3. The first kappa shape index (κ1) is 21.3. The molecule has 2 nitrogen and oxygen atoms in total. The van der Waals surface area contributed by atoms with Crippen molar-refractivity contribution >= 4 is 109 Å². The third kappa shape index (κ3) is 8.87. The first-order chi connectivity index (χ1) is 69.0. The van der Waals surface area contributed by atoms with Crippen LogP contribution in [0.1, 0.15) is 76.8 Å². The van der Waals surface area contributed by atoms with Crippen LogP contribution in [0.2, 0.25) is 0 Å². The Balaban J connectivity index is 0.000000194. The van der Waals surface area contributed by atoms with Gasteiger partial charge in [0.25, 0.3) is 0 Å². The van der Waals surface area contributed by atoms with Crippen molar-refractivity contribution in [2.24, 2.45) is 0 Å². The molecule has 92 heavy (non-hydrogen) atoms. The summed E-state index contributed by atoms with van der Waals surface area (Å²) in [7, 11) is 0. The fraction of sp³-hybridized carbons (Fsp3) is 0. The van der Waals surface area contributed by atoms with E-state index >= 15 is 0 Å². The Labute approximate surface area is 610 Å². The monoisotopic (exact) mass is 1220 g/mol. The smallest absolute Gasteiger partial charge is 0.136 e. The van der Waals surface area contributed by atoms with Crippen LogP contribution >= 0.6 is 0 Å². The predicted octanol–water partition coefficient (Wildman–Crippen LogP) is 25.8. The largest absolute Gasteiger partial charge is 0.456 e. The van der Waals surface area contributed by atoms with Crippen molar-refractivity contribution in [3.63, 3.8) is 0 Å². The second-order valence-electron chi connectivity index (χ2n) is 19.8. The second kappa shape index (κ2) is 21.9. The van der Waals surface area contributed by atoms with Crippen molar-refractivity contribution in [1.82, 2.24) is 0 Å². The summed E-state index contributed by atoms with van der Waals surface area (Å²) in [5.41, 5.74) is -13.0. The number of fused-ring (bicyclic) bond motifs is 13. The summed E-state index contributed by atoms with van der Waals surface area (Å²) in [4.78, 5) is 0. The first-order valence-electron chi connectivity index (χ1n) is 55.1. The van der Waals surface area contributed by atoms with E-state index in [9.17, 15) is 28.8 Å². The van der Waals surface area contributed by atoms with E-state index in [4.69, 9.17) is 56.8 Å². The average Bonchev–Trinajstić information content (AvgIpc) is 1.12. The van der Waals surface area contributed by atoms with Gasteiger partial charge >= 0.3 is 0 Å². The molecule has 0 bridgehead atoms. The molecule has 0 saturated heterocycles. The van der Waals surface area contributed by atoms with E-state index in [0.29, 0.717) is 0 Å². The van der Waals surface area contributed by atoms with Crippen LogP contribution in [0.3, 0.4) is 0 Å². The summed E-state index contributed by atoms with van der Waals surface area (Å²) in [6.45, 7) is 0. The fourth-order valence-corrected chi connectivity index (χ4v) is 10.9. The Morgan fingerprint density at radius 1 is 0.163 bits per heavy atom. The van der Waals surface area contributed by atoms with Gasteiger partial charge in [0.2, 0.25) is 0 Å². The van der Waals surface area contributed by atoms with Crippen molar-refractivity contribution in [1.29, 1.82) is 0 Å². The van der Waals surface area contributed by atoms with Crippen LogP contribution in [0.25, 0.3) is 186 Å². The van der Waals surface area contributed by atoms with Crippen molar-refractivity contribution in [2.75, 3.05) is 0 Å². The lowest BCUT2D eigenvalue weighted by molar-refractivity contribution is 0.669. The van der Waals surface area contributed by atoms with Gasteiger partial charge in [-0.2, -0.15) is 0 Å². The van der Waals surface area contributed by atoms with Crippen molar-refractivity contribution < 1.29 is 85.6 Å². The molecule has 428 valence electrons. The van der Waals surface area contributed by atoms with E-state index in [2.05, 4.69) is 0 Å². The molecule has 2 heterocycles. The van der Waals surface area contributed by atoms with Gasteiger partial charge in [0.05, 0.1) is 76.8 Å². The minimum Gasteiger partial charge on any atom is -0.456 e. The molecule has 2 heteroatoms. The summed E-state index contributed by atoms with van der Waals surface area (Å²) in [5, 5.41) is -9.79. The minimum absolute atomic E-state index is 0.477. The second-order valence-corrected chi connectivity index (χ2v) is 19.8. The Morgan fingerprint density at radius 3 is 0.880 bits per heavy atom. The Morgan fingerprint density at radius 2 is 0.446 bits per heavy atom. The molecule has 0 aliphatic carbocycles. The maximum atomic E-state index is 9.76. The lowest BCUT2D eigenvalue weighted by Gasteiger charge is -2.17. The van der Waals surface area contributed by atoms with E-state index in [1.54, 1.807) is 0 Å². The molecule has 2 aromatic heterocycles. The summed E-state index contributed by atoms with van der Waals surface area (Å²) in [6.07, 6.45) is 0. The van der Waals surface area contributed by atoms with Gasteiger partial charge in [0.1, 0.15) is 22.3 Å². The summed E-state index contributed by atoms with van der Waals surface area (Å²) >= 11 is 0. The molecule has 0 unspecified atom stereocenters. The topological polar surface area (TPSA) is 26.3 Å². The van der Waals surface area contributed by atoms with Gasteiger partial charge in [-0.05, 0) is 203 Å². The van der Waals surface area contributed by atoms with Crippen LogP contribution < -0.4 is 0 Å². The van der Waals surface area contributed by atoms with Crippen LogP contribution in [0, 0.1) is 0 Å². The van der Waals surface area contributed by atoms with Gasteiger partial charge in [-0.25, -0.2) is 0 Å². The highest BCUT2D eigenvalue weighted by Crippen LogP contribution is 2.48. The number of hydrogen-bond donors (Lipinski definition) is 0. The maximum absolute atomic E-state index is 9.76. The Kier molecular flexibility index (Phi) is 5.06. The van der Waals surface area contributed by atoms with Gasteiger partial charge in [0.15, 0.2) is 0 Å². The van der Waals surface area contributed by atoms with Crippen LogP contribution in [-0.4, -0.2) is 0 Å². The highest BCUT2D eigenvalue weighted by molar-refractivity contribution is 6.24. The lowest BCUT2D eigenvalue weighted by atomic mass is 9.86. The quantitative estimate of drug-likeness (QED) is 0.117. The molecule has 0 saturated carbocycles. The van der Waals surface area contributed by atoms with Crippen molar-refractivity contribution in [3.8, 4) is 77.9 Å². The predicted molar refractivity (Wildman–Crippen MR) is 391 cm³/mol. The fourth-order valence-electron chi connectivity index (χ4n) is 10.9. The summed E-state index contributed by atoms with van der Waals surface area (Å²) in [5.74, 6) is 0. The highest BCUT2D eigenvalue weighted by Gasteiger charge is 2.21. The molecule has 0 aliphatic heterocycles. The standard InChI is InChI=1S/C46H28O.C44H28O/c1-2-12-29(13-3-1)45-38-18-8-10-20-40(38)46(41-21-11-9-19-39(41)45)32-23-25-37-36-24-22-31(27-43(36)47-44(37)28-32)42-26-30-14-4-5-15-33(30)34-16-6-7-17-35(34)42;1-3-12-29(13-4-1)31-16-11-17-32(26-31)33-22-24-35-36-25-23-34(28-42(36)45-41(35)27-33)44-39-20-9-7-18-37(39)43(30-14-5-2-6-15-30)38-19-8-10-21-40(38)44/h1-28H;1-28H/i2*1D,2D,3D,4D,5D,6D,7D,8D,9D,10D,11D,12D,13D,14D,15D,16D,17D,18D,19D,20D,21D,22D,23D,24D,25D,26D,27D,28D. The van der Waals surface area contributed by atoms with Gasteiger partial charge in [0, 0.05) is 21.5 Å². The van der Waals surface area contributed by atoms with Gasteiger partial charge in [-0.15, -0.1) is 0 Å². The van der Waals surface area contributed by atoms with Crippen LogP contribution in [0.5, 0.6) is 0 Å². The van der Waals surface area contributed by atoms with Crippen LogP contribution in [0.15, 0.2) is 347 Å². The Hall–Kier alpha value is -12.1. The number of furan rings is 2. The summed E-state index contributed by atoms with van der Waals surface area (Å²) in [6, 6.07) is -51.1. The molecule has 0 N–H and O–H groups in total. The third-order valence-corrected chi connectivity index (χ3v) is 14.8. The first-order valence-corrected chi connectivity index (χ1v) is 27.1. The van der Waals surface area contributed by atoms with E-state index in [1.165, 1.54) is 0 Å². The molecular formula is C90H56O2. The summed E-state index contributed by atoms with van der Waals surface area (Å²) < 4.78 is 511.